The molecule has 2 unspecified atom stereocenters. The monoisotopic (exact) mass is 966 g/mol. The molecule has 5 heterocycles. The zero-order valence-corrected chi connectivity index (χ0v) is 39.8. The number of alkyl halides is 4. The Labute approximate surface area is 403 Å². The number of hydrogen-bond donors (Lipinski definition) is 4. The maximum absolute atomic E-state index is 14.7. The fourth-order valence-electron chi connectivity index (χ4n) is 8.16. The Morgan fingerprint density at radius 1 is 0.943 bits per heavy atom. The number of carbonyl (C=O) groups excluding carboxylic acids is 1. The third-order valence-electron chi connectivity index (χ3n) is 11.5. The number of piperidine rings is 1. The van der Waals surface area contributed by atoms with E-state index >= 15 is 0 Å². The summed E-state index contributed by atoms with van der Waals surface area (Å²) in [5, 5.41) is 17.2. The molecule has 8 rings (SSSR count). The highest BCUT2D eigenvalue weighted by atomic mass is 19.4. The lowest BCUT2D eigenvalue weighted by Crippen LogP contribution is -2.46. The molecule has 2 atom stereocenters. The molecule has 0 saturated carbocycles. The number of pyridine rings is 1. The molecule has 19 heteroatoms. The maximum Gasteiger partial charge on any atom is 0.406 e. The summed E-state index contributed by atoms with van der Waals surface area (Å²) < 4.78 is 80.2. The number of hydrogen-bond acceptors (Lipinski definition) is 13. The Balaban J connectivity index is 0.000000218. The maximum atomic E-state index is 14.7. The number of nitrogens with one attached hydrogen (secondary N) is 4. The Hall–Kier alpha value is -7.14. The molecule has 4 N–H and O–H groups in total. The summed E-state index contributed by atoms with van der Waals surface area (Å²) in [6.07, 6.45) is -2.37. The van der Waals surface area contributed by atoms with Gasteiger partial charge in [0.15, 0.2) is 11.9 Å². The van der Waals surface area contributed by atoms with Crippen LogP contribution in [-0.4, -0.2) is 128 Å². The summed E-state index contributed by atoms with van der Waals surface area (Å²) in [6.45, 7) is 6.87. The smallest absolute Gasteiger partial charge is 0.406 e. The highest BCUT2D eigenvalue weighted by molar-refractivity contribution is 5.94. The van der Waals surface area contributed by atoms with Crippen LogP contribution < -0.4 is 30.7 Å². The summed E-state index contributed by atoms with van der Waals surface area (Å²) >= 11 is 0. The van der Waals surface area contributed by atoms with Crippen LogP contribution in [0.15, 0.2) is 89.6 Å². The number of likely N-dealkylation sites (tertiary alicyclic amines) is 1. The number of rotatable bonds is 19. The Kier molecular flexibility index (Phi) is 17.3. The molecule has 370 valence electrons. The number of benzene rings is 3. The number of carbonyl (C=O) groups is 1. The first kappa shape index (κ1) is 50.7. The van der Waals surface area contributed by atoms with Crippen LogP contribution in [0.3, 0.4) is 0 Å². The van der Waals surface area contributed by atoms with Crippen LogP contribution in [-0.2, 0) is 22.6 Å². The van der Waals surface area contributed by atoms with Crippen molar-refractivity contribution in [2.24, 2.45) is 0 Å². The fourth-order valence-corrected chi connectivity index (χ4v) is 8.16. The molecule has 1 aliphatic rings. The van der Waals surface area contributed by atoms with Gasteiger partial charge in [-0.1, -0.05) is 29.3 Å². The second kappa shape index (κ2) is 23.9. The fraction of sp³-hybridized carbons (Fsp3) is 0.373. The van der Waals surface area contributed by atoms with Crippen LogP contribution in [0.5, 0.6) is 11.5 Å². The average Bonchev–Trinajstić information content (AvgIpc) is 4.00. The van der Waals surface area contributed by atoms with Crippen molar-refractivity contribution in [2.75, 3.05) is 89.7 Å². The molecule has 3 aromatic carbocycles. The molecule has 0 aliphatic carbocycles. The number of anilines is 3. The van der Waals surface area contributed by atoms with Crippen molar-refractivity contribution in [2.45, 2.75) is 51.7 Å². The van der Waals surface area contributed by atoms with Gasteiger partial charge in [0, 0.05) is 60.8 Å². The predicted octanol–water partition coefficient (Wildman–Crippen LogP) is 8.11. The van der Waals surface area contributed by atoms with E-state index in [4.69, 9.17) is 18.7 Å². The average molecular weight is 967 g/mol. The number of nitrogens with zero attached hydrogens (tertiary/aromatic N) is 6. The van der Waals surface area contributed by atoms with Crippen molar-refractivity contribution < 1.29 is 41.1 Å². The van der Waals surface area contributed by atoms with Crippen LogP contribution >= 0.6 is 0 Å². The third-order valence-corrected chi connectivity index (χ3v) is 11.5. The molecule has 1 saturated heterocycles. The zero-order valence-electron chi connectivity index (χ0n) is 39.8. The van der Waals surface area contributed by atoms with E-state index in [1.54, 1.807) is 30.5 Å². The second-order valence-corrected chi connectivity index (χ2v) is 16.7. The molecule has 7 aromatic rings. The first-order valence-corrected chi connectivity index (χ1v) is 22.9. The molecule has 1 fully saturated rings. The number of ether oxygens (including phenoxy) is 3. The minimum Gasteiger partial charge on any atom is -0.491 e. The number of imidazole rings is 1. The van der Waals surface area contributed by atoms with Gasteiger partial charge in [0.2, 0.25) is 5.95 Å². The summed E-state index contributed by atoms with van der Waals surface area (Å²) in [5.74, 6) is 8.66. The summed E-state index contributed by atoms with van der Waals surface area (Å²) in [5.41, 5.74) is 7.32. The highest BCUT2D eigenvalue weighted by Crippen LogP contribution is 2.33. The third kappa shape index (κ3) is 13.3. The minimum atomic E-state index is -4.43. The molecule has 70 heavy (non-hydrogen) atoms. The van der Waals surface area contributed by atoms with Gasteiger partial charge in [0.1, 0.15) is 43.2 Å². The molecule has 4 aromatic heterocycles. The quantitative estimate of drug-likeness (QED) is 0.0267. The van der Waals surface area contributed by atoms with Gasteiger partial charge in [-0.25, -0.2) is 9.37 Å². The molecule has 0 amide bonds. The number of aryl methyl sites for hydroxylation is 2. The van der Waals surface area contributed by atoms with Crippen molar-refractivity contribution >= 4 is 45.7 Å². The number of fused-ring (bicyclic) bond motifs is 2. The molecule has 1 aliphatic heterocycles. The second-order valence-electron chi connectivity index (χ2n) is 16.7. The largest absolute Gasteiger partial charge is 0.491 e. The van der Waals surface area contributed by atoms with Crippen LogP contribution in [0.4, 0.5) is 34.9 Å². The number of aromatic nitrogens is 5. The minimum absolute atomic E-state index is 0.0317. The van der Waals surface area contributed by atoms with Crippen LogP contribution in [0.25, 0.3) is 33.2 Å². The number of aldehydes is 1. The topological polar surface area (TPSA) is 158 Å². The standard InChI is InChI=1S/C30H37F4N5O2.C21H21N5O3/c1-35-14-16-40-17-18-41-24-10-8-22(9-11-24)36-13-4-5-23-19-25-27(37-28-12-15-38(2)20-26(28)31)6-3-7-29(25)39(23)21-30(32,33)34;1-13-19(14(2)29-25-13)16-10-18-20(23-11-16)24-21(22-3)26(18)12-15-5-4-6-17(9-15)28-8-7-27/h3,6-11,19,26,28,35-37H,12-18,20-21H2,1-2H3;4-7,9-11H,8,12H2,1-3H3,(H,22,23,24). The normalized spacial score (nSPS) is 14.9. The van der Waals surface area contributed by atoms with Crippen molar-refractivity contribution in [1.82, 2.24) is 34.5 Å². The van der Waals surface area contributed by atoms with E-state index in [2.05, 4.69) is 58.9 Å². The highest BCUT2D eigenvalue weighted by Gasteiger charge is 2.31. The van der Waals surface area contributed by atoms with Crippen LogP contribution in [0.2, 0.25) is 0 Å². The zero-order chi connectivity index (χ0) is 49.6. The Morgan fingerprint density at radius 2 is 1.76 bits per heavy atom. The van der Waals surface area contributed by atoms with E-state index in [9.17, 15) is 22.4 Å². The summed E-state index contributed by atoms with van der Waals surface area (Å²) in [4.78, 5) is 21.6. The van der Waals surface area contributed by atoms with E-state index in [1.807, 2.05) is 88.4 Å². The molecule has 0 spiro atoms. The van der Waals surface area contributed by atoms with Crippen molar-refractivity contribution in [3.05, 3.63) is 108 Å². The summed E-state index contributed by atoms with van der Waals surface area (Å²) in [7, 11) is 5.56. The molecule has 0 bridgehead atoms. The van der Waals surface area contributed by atoms with E-state index in [0.717, 1.165) is 58.7 Å². The van der Waals surface area contributed by atoms with Crippen molar-refractivity contribution in [3.63, 3.8) is 0 Å². The Morgan fingerprint density at radius 3 is 2.49 bits per heavy atom. The number of halogens is 4. The van der Waals surface area contributed by atoms with Crippen molar-refractivity contribution in [1.29, 1.82) is 0 Å². The van der Waals surface area contributed by atoms with E-state index in [0.29, 0.717) is 79.0 Å². The van der Waals surface area contributed by atoms with E-state index < -0.39 is 24.9 Å². The van der Waals surface area contributed by atoms with E-state index in [1.165, 1.54) is 4.57 Å². The van der Waals surface area contributed by atoms with Gasteiger partial charge in [-0.05, 0) is 107 Å². The first-order valence-electron chi connectivity index (χ1n) is 22.9. The van der Waals surface area contributed by atoms with Gasteiger partial charge in [-0.2, -0.15) is 18.2 Å². The van der Waals surface area contributed by atoms with Gasteiger partial charge < -0.3 is 54.0 Å². The molecule has 0 radical (unpaired) electrons. The molecular weight excluding hydrogens is 909 g/mol. The number of likely N-dealkylation sites (N-methyl/N-ethyl adjacent to an activating group) is 1. The van der Waals surface area contributed by atoms with Gasteiger partial charge >= 0.3 is 6.18 Å². The lowest BCUT2D eigenvalue weighted by molar-refractivity contribution is -0.140. The van der Waals surface area contributed by atoms with Gasteiger partial charge in [-0.3, -0.25) is 4.79 Å². The Bertz CT molecular complexity index is 2870. The van der Waals surface area contributed by atoms with E-state index in [-0.39, 0.29) is 18.8 Å². The SMILES string of the molecule is CNCCOCCOc1ccc(NCC#Cc2cc3c(NC4CCN(C)CC4F)cccc3n2CC(F)(F)F)cc1.CNc1nc2ncc(-c3c(C)noc3C)cc2n1Cc1cccc(OCC=O)c1. The lowest BCUT2D eigenvalue weighted by atomic mass is 10.0. The van der Waals surface area contributed by atoms with Crippen LogP contribution in [0.1, 0.15) is 29.1 Å². The predicted molar refractivity (Wildman–Crippen MR) is 264 cm³/mol. The van der Waals surface area contributed by atoms with Gasteiger partial charge in [0.05, 0.1) is 54.8 Å². The first-order chi connectivity index (χ1) is 33.8. The molecular formula is C51H58F4N10O5. The summed E-state index contributed by atoms with van der Waals surface area (Å²) in [6, 6.07) is 23.4. The molecule has 15 nitrogen and oxygen atoms in total. The van der Waals surface area contributed by atoms with Gasteiger partial charge in [0.25, 0.3) is 0 Å². The van der Waals surface area contributed by atoms with Gasteiger partial charge in [-0.15, -0.1) is 0 Å². The van der Waals surface area contributed by atoms with Crippen LogP contribution in [0, 0.1) is 25.7 Å². The van der Waals surface area contributed by atoms with Crippen molar-refractivity contribution in [3.8, 4) is 34.5 Å². The lowest BCUT2D eigenvalue weighted by Gasteiger charge is -2.33.